The van der Waals surface area contributed by atoms with Crippen molar-refractivity contribution in [1.29, 1.82) is 0 Å². The average Bonchev–Trinajstić information content (AvgIpc) is 2.04. The Morgan fingerprint density at radius 3 is 3.08 bits per heavy atom. The maximum Gasteiger partial charge on any atom is 0.214 e. The number of rotatable bonds is 0. The summed E-state index contributed by atoms with van der Waals surface area (Å²) in [5.74, 6) is 0.0225. The molecule has 0 aromatic rings. The minimum atomic E-state index is -0.120. The van der Waals surface area contributed by atoms with E-state index < -0.39 is 0 Å². The fourth-order valence-electron chi connectivity index (χ4n) is 1.40. The molecule has 2 rings (SSSR count). The van der Waals surface area contributed by atoms with E-state index in [0.29, 0.717) is 0 Å². The second kappa shape index (κ2) is 2.52. The molecule has 0 saturated heterocycles. The zero-order chi connectivity index (χ0) is 8.55. The van der Waals surface area contributed by atoms with E-state index in [9.17, 15) is 5.11 Å². The fourth-order valence-corrected chi connectivity index (χ4v) is 1.40. The lowest BCUT2D eigenvalue weighted by molar-refractivity contribution is 0.343. The lowest BCUT2D eigenvalue weighted by Gasteiger charge is -2.20. The number of aliphatic hydroxyl groups excluding tert-OH is 2. The SMILES string of the molecule is OC1=CC(O)=NC2=CC=CC[C@@H]12. The van der Waals surface area contributed by atoms with Gasteiger partial charge in [0.15, 0.2) is 0 Å². The zero-order valence-corrected chi connectivity index (χ0v) is 6.44. The predicted molar refractivity (Wildman–Crippen MR) is 46.1 cm³/mol. The first-order valence-corrected chi connectivity index (χ1v) is 3.82. The van der Waals surface area contributed by atoms with Crippen LogP contribution in [0.5, 0.6) is 0 Å². The Balaban J connectivity index is 2.41. The van der Waals surface area contributed by atoms with E-state index in [1.54, 1.807) is 6.08 Å². The number of fused-ring (bicyclic) bond motifs is 1. The Hall–Kier alpha value is -1.51. The van der Waals surface area contributed by atoms with Crippen LogP contribution < -0.4 is 0 Å². The van der Waals surface area contributed by atoms with Gasteiger partial charge >= 0.3 is 0 Å². The molecule has 0 amide bonds. The van der Waals surface area contributed by atoms with Crippen molar-refractivity contribution in [2.45, 2.75) is 6.42 Å². The second-order valence-electron chi connectivity index (χ2n) is 2.85. The van der Waals surface area contributed by atoms with Crippen molar-refractivity contribution in [1.82, 2.24) is 0 Å². The van der Waals surface area contributed by atoms with Crippen LogP contribution in [0, 0.1) is 5.92 Å². The lowest BCUT2D eigenvalue weighted by Crippen LogP contribution is -2.15. The molecule has 0 radical (unpaired) electrons. The van der Waals surface area contributed by atoms with Gasteiger partial charge < -0.3 is 10.2 Å². The highest BCUT2D eigenvalue weighted by molar-refractivity contribution is 5.88. The highest BCUT2D eigenvalue weighted by atomic mass is 16.3. The number of hydrogen-bond acceptors (Lipinski definition) is 2. The molecule has 0 saturated carbocycles. The summed E-state index contributed by atoms with van der Waals surface area (Å²) in [6.45, 7) is 0. The summed E-state index contributed by atoms with van der Waals surface area (Å²) in [4.78, 5) is 3.90. The Morgan fingerprint density at radius 2 is 2.25 bits per heavy atom. The summed E-state index contributed by atoms with van der Waals surface area (Å²) >= 11 is 0. The predicted octanol–water partition coefficient (Wildman–Crippen LogP) is 1.86. The molecule has 1 atom stereocenters. The van der Waals surface area contributed by atoms with Crippen LogP contribution in [0.4, 0.5) is 0 Å². The van der Waals surface area contributed by atoms with Crippen molar-refractivity contribution in [3.63, 3.8) is 0 Å². The molecule has 0 fully saturated rings. The van der Waals surface area contributed by atoms with Gasteiger partial charge in [-0.25, -0.2) is 4.99 Å². The molecule has 3 heteroatoms. The third kappa shape index (κ3) is 1.03. The minimum absolute atomic E-state index is 0.0501. The summed E-state index contributed by atoms with van der Waals surface area (Å²) in [7, 11) is 0. The molecule has 12 heavy (non-hydrogen) atoms. The molecule has 2 aliphatic rings. The molecule has 0 spiro atoms. The van der Waals surface area contributed by atoms with Gasteiger partial charge in [-0.3, -0.25) is 0 Å². The number of allylic oxidation sites excluding steroid dienone is 3. The van der Waals surface area contributed by atoms with Crippen molar-refractivity contribution in [3.05, 3.63) is 35.8 Å². The van der Waals surface area contributed by atoms with Crippen LogP contribution in [0.3, 0.4) is 0 Å². The number of dihydropyridines is 1. The summed E-state index contributed by atoms with van der Waals surface area (Å²) in [5, 5.41) is 18.5. The van der Waals surface area contributed by atoms with E-state index in [0.717, 1.165) is 12.1 Å². The lowest BCUT2D eigenvalue weighted by atomic mass is 9.93. The van der Waals surface area contributed by atoms with E-state index in [1.165, 1.54) is 6.08 Å². The number of aliphatic imine (C=N–C) groups is 1. The highest BCUT2D eigenvalue weighted by Crippen LogP contribution is 2.29. The fraction of sp³-hybridized carbons (Fsp3) is 0.222. The molecule has 0 aromatic carbocycles. The maximum absolute atomic E-state index is 9.42. The van der Waals surface area contributed by atoms with Crippen LogP contribution >= 0.6 is 0 Å². The van der Waals surface area contributed by atoms with E-state index in [-0.39, 0.29) is 17.6 Å². The standard InChI is InChI=1S/C9H9NO2/c11-8-5-9(12)10-7-4-2-1-3-6(7)8/h1-2,4-6,11H,3H2,(H,10,12)/t6-/m1/s1. The van der Waals surface area contributed by atoms with Crippen molar-refractivity contribution in [2.75, 3.05) is 0 Å². The van der Waals surface area contributed by atoms with Crippen molar-refractivity contribution >= 4 is 5.90 Å². The summed E-state index contributed by atoms with van der Waals surface area (Å²) in [6.07, 6.45) is 7.69. The van der Waals surface area contributed by atoms with Gasteiger partial charge in [0, 0.05) is 6.08 Å². The molecule has 3 nitrogen and oxygen atoms in total. The Kier molecular flexibility index (Phi) is 1.50. The van der Waals surface area contributed by atoms with Crippen LogP contribution in [-0.4, -0.2) is 16.1 Å². The molecule has 0 bridgehead atoms. The van der Waals surface area contributed by atoms with Gasteiger partial charge in [0.1, 0.15) is 5.76 Å². The minimum Gasteiger partial charge on any atom is -0.511 e. The largest absolute Gasteiger partial charge is 0.511 e. The Labute approximate surface area is 70.1 Å². The molecule has 1 aliphatic carbocycles. The monoisotopic (exact) mass is 163 g/mol. The van der Waals surface area contributed by atoms with Crippen molar-refractivity contribution in [3.8, 4) is 0 Å². The third-order valence-corrected chi connectivity index (χ3v) is 2.01. The van der Waals surface area contributed by atoms with Crippen LogP contribution in [-0.2, 0) is 0 Å². The molecule has 2 N–H and O–H groups in total. The van der Waals surface area contributed by atoms with Crippen LogP contribution in [0.15, 0.2) is 40.8 Å². The summed E-state index contributed by atoms with van der Waals surface area (Å²) in [5.41, 5.74) is 0.731. The smallest absolute Gasteiger partial charge is 0.214 e. The quantitative estimate of drug-likeness (QED) is 0.572. The van der Waals surface area contributed by atoms with Crippen LogP contribution in [0.25, 0.3) is 0 Å². The summed E-state index contributed by atoms with van der Waals surface area (Å²) in [6, 6.07) is 0. The van der Waals surface area contributed by atoms with Gasteiger partial charge in [0.2, 0.25) is 5.90 Å². The number of aliphatic hydroxyl groups is 2. The van der Waals surface area contributed by atoms with Crippen LogP contribution in [0.1, 0.15) is 6.42 Å². The Bertz CT molecular complexity index is 323. The highest BCUT2D eigenvalue weighted by Gasteiger charge is 2.23. The Morgan fingerprint density at radius 1 is 1.42 bits per heavy atom. The topological polar surface area (TPSA) is 52.8 Å². The van der Waals surface area contributed by atoms with Gasteiger partial charge in [0.25, 0.3) is 0 Å². The molecular weight excluding hydrogens is 154 g/mol. The van der Waals surface area contributed by atoms with Gasteiger partial charge in [-0.2, -0.15) is 0 Å². The molecule has 0 unspecified atom stereocenters. The van der Waals surface area contributed by atoms with Crippen molar-refractivity contribution in [2.24, 2.45) is 10.9 Å². The maximum atomic E-state index is 9.42. The molecule has 62 valence electrons. The van der Waals surface area contributed by atoms with Gasteiger partial charge in [0.05, 0.1) is 11.6 Å². The second-order valence-corrected chi connectivity index (χ2v) is 2.85. The molecule has 1 aliphatic heterocycles. The molecule has 1 heterocycles. The van der Waals surface area contributed by atoms with E-state index in [2.05, 4.69) is 4.99 Å². The van der Waals surface area contributed by atoms with E-state index in [4.69, 9.17) is 5.11 Å². The number of nitrogens with zero attached hydrogens (tertiary/aromatic N) is 1. The number of hydrogen-bond donors (Lipinski definition) is 2. The average molecular weight is 163 g/mol. The van der Waals surface area contributed by atoms with Gasteiger partial charge in [-0.05, 0) is 12.5 Å². The molecular formula is C9H9NO2. The summed E-state index contributed by atoms with van der Waals surface area (Å²) < 4.78 is 0. The van der Waals surface area contributed by atoms with E-state index >= 15 is 0 Å². The normalized spacial score (nSPS) is 27.0. The van der Waals surface area contributed by atoms with Crippen molar-refractivity contribution < 1.29 is 10.2 Å². The van der Waals surface area contributed by atoms with Gasteiger partial charge in [-0.15, -0.1) is 0 Å². The first-order valence-electron chi connectivity index (χ1n) is 3.82. The first kappa shape index (κ1) is 7.16. The first-order chi connectivity index (χ1) is 5.77. The van der Waals surface area contributed by atoms with Gasteiger partial charge in [-0.1, -0.05) is 12.2 Å². The van der Waals surface area contributed by atoms with Crippen LogP contribution in [0.2, 0.25) is 0 Å². The van der Waals surface area contributed by atoms with E-state index in [1.807, 2.05) is 12.2 Å². The zero-order valence-electron chi connectivity index (χ0n) is 6.44. The third-order valence-electron chi connectivity index (χ3n) is 2.01. The molecule has 0 aromatic heterocycles.